The summed E-state index contributed by atoms with van der Waals surface area (Å²) >= 11 is 0. The lowest BCUT2D eigenvalue weighted by molar-refractivity contribution is -0.137. The zero-order chi connectivity index (χ0) is 24.5. The van der Waals surface area contributed by atoms with Crippen LogP contribution in [0.1, 0.15) is 42.5 Å². The van der Waals surface area contributed by atoms with Crippen LogP contribution in [0.3, 0.4) is 0 Å². The predicted octanol–water partition coefficient (Wildman–Crippen LogP) is 3.50. The molecule has 3 aromatic rings. The highest BCUT2D eigenvalue weighted by atomic mass is 32.2. The summed E-state index contributed by atoms with van der Waals surface area (Å²) in [5, 5.41) is 4.13. The normalized spacial score (nSPS) is 16.4. The SMILES string of the molecule is Cc1ccc(S(=O)(=O)N2CCC(C(=O)N(C)C(C)c3ccc(-n4cncn4)cc3)CC2)c(C)c1. The van der Waals surface area contributed by atoms with E-state index in [-0.39, 0.29) is 17.9 Å². The Hall–Kier alpha value is -3.04. The number of rotatable bonds is 6. The molecule has 2 aromatic carbocycles. The minimum absolute atomic E-state index is 0.0522. The number of carbonyl (C=O) groups is 1. The van der Waals surface area contributed by atoms with E-state index in [0.29, 0.717) is 30.8 Å². The van der Waals surface area contributed by atoms with Crippen LogP contribution in [-0.2, 0) is 14.8 Å². The fourth-order valence-corrected chi connectivity index (χ4v) is 6.20. The maximum absolute atomic E-state index is 13.2. The zero-order valence-electron chi connectivity index (χ0n) is 20.0. The summed E-state index contributed by atoms with van der Waals surface area (Å²) < 4.78 is 29.5. The predicted molar refractivity (Wildman–Crippen MR) is 130 cm³/mol. The third-order valence-electron chi connectivity index (χ3n) is 6.74. The highest BCUT2D eigenvalue weighted by Gasteiger charge is 2.34. The van der Waals surface area contributed by atoms with Crippen LogP contribution < -0.4 is 0 Å². The lowest BCUT2D eigenvalue weighted by atomic mass is 9.95. The topological polar surface area (TPSA) is 88.4 Å². The first kappa shape index (κ1) is 24.1. The second-order valence-electron chi connectivity index (χ2n) is 9.00. The van der Waals surface area contributed by atoms with Crippen molar-refractivity contribution in [1.82, 2.24) is 24.0 Å². The number of hydrogen-bond donors (Lipinski definition) is 0. The van der Waals surface area contributed by atoms with Crippen LogP contribution >= 0.6 is 0 Å². The Kier molecular flexibility index (Phi) is 6.86. The van der Waals surface area contributed by atoms with E-state index in [1.54, 1.807) is 22.0 Å². The lowest BCUT2D eigenvalue weighted by Gasteiger charge is -2.34. The average molecular weight is 482 g/mol. The molecule has 0 radical (unpaired) electrons. The van der Waals surface area contributed by atoms with Crippen LogP contribution in [0, 0.1) is 19.8 Å². The summed E-state index contributed by atoms with van der Waals surface area (Å²) in [6.07, 6.45) is 4.17. The molecule has 1 aliphatic rings. The Labute approximate surface area is 201 Å². The summed E-state index contributed by atoms with van der Waals surface area (Å²) in [4.78, 5) is 19.3. The van der Waals surface area contributed by atoms with Gasteiger partial charge in [-0.1, -0.05) is 29.8 Å². The minimum Gasteiger partial charge on any atom is -0.339 e. The van der Waals surface area contributed by atoms with Gasteiger partial charge in [-0.25, -0.2) is 18.1 Å². The van der Waals surface area contributed by atoms with Crippen molar-refractivity contribution in [2.75, 3.05) is 20.1 Å². The van der Waals surface area contributed by atoms with E-state index in [2.05, 4.69) is 10.1 Å². The van der Waals surface area contributed by atoms with Crippen molar-refractivity contribution < 1.29 is 13.2 Å². The van der Waals surface area contributed by atoms with Gasteiger partial charge in [-0.15, -0.1) is 0 Å². The van der Waals surface area contributed by atoms with Gasteiger partial charge >= 0.3 is 0 Å². The Morgan fingerprint density at radius 1 is 1.09 bits per heavy atom. The Bertz CT molecular complexity index is 1250. The number of amides is 1. The van der Waals surface area contributed by atoms with Crippen LogP contribution in [0.5, 0.6) is 0 Å². The molecule has 34 heavy (non-hydrogen) atoms. The number of aromatic nitrogens is 3. The van der Waals surface area contributed by atoms with E-state index < -0.39 is 10.0 Å². The highest BCUT2D eigenvalue weighted by molar-refractivity contribution is 7.89. The number of nitrogens with zero attached hydrogens (tertiary/aromatic N) is 5. The first-order valence-electron chi connectivity index (χ1n) is 11.5. The van der Waals surface area contributed by atoms with Crippen molar-refractivity contribution >= 4 is 15.9 Å². The fourth-order valence-electron chi connectivity index (χ4n) is 4.52. The van der Waals surface area contributed by atoms with Crippen LogP contribution in [0.2, 0.25) is 0 Å². The maximum atomic E-state index is 13.2. The van der Waals surface area contributed by atoms with Gasteiger partial charge in [0.05, 0.1) is 16.6 Å². The Balaban J connectivity index is 1.38. The Morgan fingerprint density at radius 3 is 2.35 bits per heavy atom. The van der Waals surface area contributed by atoms with Crippen molar-refractivity contribution in [1.29, 1.82) is 0 Å². The van der Waals surface area contributed by atoms with Crippen LogP contribution in [-0.4, -0.2) is 58.4 Å². The molecule has 0 spiro atoms. The molecular formula is C25H31N5O3S. The molecule has 1 aliphatic heterocycles. The van der Waals surface area contributed by atoms with Crippen molar-refractivity contribution in [2.45, 2.75) is 44.6 Å². The van der Waals surface area contributed by atoms with Gasteiger partial charge in [0.2, 0.25) is 15.9 Å². The van der Waals surface area contributed by atoms with Gasteiger partial charge in [-0.2, -0.15) is 9.40 Å². The summed E-state index contributed by atoms with van der Waals surface area (Å²) in [7, 11) is -1.75. The van der Waals surface area contributed by atoms with Gasteiger partial charge in [0.1, 0.15) is 12.7 Å². The van der Waals surface area contributed by atoms with E-state index in [4.69, 9.17) is 0 Å². The molecule has 9 heteroatoms. The molecule has 1 unspecified atom stereocenters. The van der Waals surface area contributed by atoms with Gasteiger partial charge in [0.15, 0.2) is 0 Å². The molecule has 0 saturated carbocycles. The molecule has 1 saturated heterocycles. The van der Waals surface area contributed by atoms with Crippen molar-refractivity contribution in [3.63, 3.8) is 0 Å². The molecule has 1 atom stereocenters. The summed E-state index contributed by atoms with van der Waals surface area (Å²) in [5.41, 5.74) is 3.71. The third kappa shape index (κ3) is 4.76. The third-order valence-corrected chi connectivity index (χ3v) is 8.80. The zero-order valence-corrected chi connectivity index (χ0v) is 20.9. The van der Waals surface area contributed by atoms with Gasteiger partial charge in [-0.05, 0) is 62.9 Å². The first-order chi connectivity index (χ1) is 16.2. The molecule has 1 fully saturated rings. The van der Waals surface area contributed by atoms with E-state index in [1.165, 1.54) is 10.6 Å². The van der Waals surface area contributed by atoms with Crippen LogP contribution in [0.4, 0.5) is 0 Å². The standard InChI is InChI=1S/C25H31N5O3S/c1-18-5-10-24(19(2)15-18)34(32,33)29-13-11-22(12-14-29)25(31)28(4)20(3)21-6-8-23(9-7-21)30-17-26-16-27-30/h5-10,15-17,20,22H,11-14H2,1-4H3. The van der Waals surface area contributed by atoms with E-state index >= 15 is 0 Å². The average Bonchev–Trinajstić information content (AvgIpc) is 3.38. The molecule has 1 amide bonds. The highest BCUT2D eigenvalue weighted by Crippen LogP contribution is 2.29. The van der Waals surface area contributed by atoms with Crippen molar-refractivity contribution in [3.8, 4) is 5.69 Å². The number of sulfonamides is 1. The number of hydrogen-bond acceptors (Lipinski definition) is 5. The van der Waals surface area contributed by atoms with Crippen LogP contribution in [0.25, 0.3) is 5.69 Å². The van der Waals surface area contributed by atoms with Gasteiger partial charge in [0, 0.05) is 26.1 Å². The summed E-state index contributed by atoms with van der Waals surface area (Å²) in [6.45, 7) is 6.47. The Morgan fingerprint density at radius 2 is 1.76 bits per heavy atom. The molecule has 4 rings (SSSR count). The smallest absolute Gasteiger partial charge is 0.243 e. The second-order valence-corrected chi connectivity index (χ2v) is 10.9. The van der Waals surface area contributed by atoms with E-state index in [1.807, 2.05) is 64.2 Å². The van der Waals surface area contributed by atoms with E-state index in [9.17, 15) is 13.2 Å². The molecule has 8 nitrogen and oxygen atoms in total. The van der Waals surface area contributed by atoms with Crippen LogP contribution in [0.15, 0.2) is 60.0 Å². The molecule has 0 bridgehead atoms. The van der Waals surface area contributed by atoms with Gasteiger partial charge < -0.3 is 4.90 Å². The summed E-state index contributed by atoms with van der Waals surface area (Å²) in [5.74, 6) is -0.135. The lowest BCUT2D eigenvalue weighted by Crippen LogP contribution is -2.44. The first-order valence-corrected chi connectivity index (χ1v) is 12.9. The number of aryl methyl sites for hydroxylation is 2. The quantitative estimate of drug-likeness (QED) is 0.538. The largest absolute Gasteiger partial charge is 0.339 e. The monoisotopic (exact) mass is 481 g/mol. The van der Waals surface area contributed by atoms with Crippen molar-refractivity contribution in [2.24, 2.45) is 5.92 Å². The number of benzene rings is 2. The van der Waals surface area contributed by atoms with Gasteiger partial charge in [-0.3, -0.25) is 4.79 Å². The van der Waals surface area contributed by atoms with Crippen molar-refractivity contribution in [3.05, 3.63) is 71.8 Å². The van der Waals surface area contributed by atoms with E-state index in [0.717, 1.165) is 22.4 Å². The number of piperidine rings is 1. The molecule has 180 valence electrons. The minimum atomic E-state index is -3.56. The number of carbonyl (C=O) groups excluding carboxylic acids is 1. The maximum Gasteiger partial charge on any atom is 0.243 e. The molecule has 1 aromatic heterocycles. The second kappa shape index (κ2) is 9.68. The molecule has 0 N–H and O–H groups in total. The molecule has 2 heterocycles. The summed E-state index contributed by atoms with van der Waals surface area (Å²) in [6, 6.07) is 13.2. The van der Waals surface area contributed by atoms with Gasteiger partial charge in [0.25, 0.3) is 0 Å². The molecular weight excluding hydrogens is 450 g/mol. The fraction of sp³-hybridized carbons (Fsp3) is 0.400. The molecule has 0 aliphatic carbocycles.